The van der Waals surface area contributed by atoms with Crippen molar-refractivity contribution in [3.05, 3.63) is 48.9 Å². The van der Waals surface area contributed by atoms with E-state index >= 15 is 0 Å². The Kier molecular flexibility index (Phi) is 8.36. The molecule has 4 heterocycles. The predicted molar refractivity (Wildman–Crippen MR) is 162 cm³/mol. The molecule has 1 aliphatic heterocycles. The van der Waals surface area contributed by atoms with Crippen LogP contribution in [0.2, 0.25) is 0 Å². The first-order valence-electron chi connectivity index (χ1n) is 13.5. The van der Waals surface area contributed by atoms with Gasteiger partial charge in [-0.3, -0.25) is 15.1 Å². The minimum Gasteiger partial charge on any atom is -0.465 e. The van der Waals surface area contributed by atoms with E-state index in [1.165, 1.54) is 11.3 Å². The fraction of sp³-hybridized carbons (Fsp3) is 0.357. The second-order valence-corrected chi connectivity index (χ2v) is 13.2. The number of benzene rings is 1. The van der Waals surface area contributed by atoms with Crippen LogP contribution in [0.4, 0.5) is 15.9 Å². The predicted octanol–water partition coefficient (Wildman–Crippen LogP) is 3.90. The molecule has 0 saturated carbocycles. The zero-order chi connectivity index (χ0) is 29.9. The van der Waals surface area contributed by atoms with Crippen LogP contribution in [-0.2, 0) is 19.4 Å². The van der Waals surface area contributed by atoms with Gasteiger partial charge in [-0.2, -0.15) is 0 Å². The molecule has 1 aromatic carbocycles. The van der Waals surface area contributed by atoms with E-state index in [0.29, 0.717) is 36.2 Å². The Morgan fingerprint density at radius 2 is 1.81 bits per heavy atom. The van der Waals surface area contributed by atoms with Gasteiger partial charge in [0.05, 0.1) is 22.5 Å². The third-order valence-corrected chi connectivity index (χ3v) is 10.2. The van der Waals surface area contributed by atoms with Gasteiger partial charge in [-0.05, 0) is 56.5 Å². The standard InChI is InChI=1S/C28H31N7O5S2/c1-4-29-26(37)34-27-33-22-15-18(14-20(23(22)41-27)21-8-6-7-11-30-21)19-16-31-25(32-17-19)35-12-9-28(10-13-35,42(3,38)39)24(36)40-5-2/h6-8,11,14-17H,4-5,9-10,12-13H2,1-3H3,(H2,29,33,34,37). The number of piperidine rings is 1. The van der Waals surface area contributed by atoms with E-state index < -0.39 is 20.6 Å². The number of hydrogen-bond donors (Lipinski definition) is 2. The number of nitrogens with zero attached hydrogens (tertiary/aromatic N) is 5. The lowest BCUT2D eigenvalue weighted by atomic mass is 9.96. The maximum atomic E-state index is 12.6. The molecule has 0 spiro atoms. The molecule has 0 atom stereocenters. The fourth-order valence-electron chi connectivity index (χ4n) is 4.96. The minimum atomic E-state index is -3.69. The van der Waals surface area contributed by atoms with Crippen molar-refractivity contribution >= 4 is 54.5 Å². The van der Waals surface area contributed by atoms with Crippen molar-refractivity contribution in [2.45, 2.75) is 31.4 Å². The van der Waals surface area contributed by atoms with Crippen LogP contribution in [0.3, 0.4) is 0 Å². The molecule has 14 heteroatoms. The number of thiazole rings is 1. The van der Waals surface area contributed by atoms with Gasteiger partial charge in [0.15, 0.2) is 19.7 Å². The van der Waals surface area contributed by atoms with Crippen LogP contribution in [0.1, 0.15) is 26.7 Å². The van der Waals surface area contributed by atoms with Crippen LogP contribution in [0.5, 0.6) is 0 Å². The van der Waals surface area contributed by atoms with Crippen LogP contribution in [0, 0.1) is 0 Å². The molecule has 5 rings (SSSR count). The summed E-state index contributed by atoms with van der Waals surface area (Å²) in [7, 11) is -3.69. The van der Waals surface area contributed by atoms with Crippen LogP contribution < -0.4 is 15.5 Å². The molecular weight excluding hydrogens is 578 g/mol. The highest BCUT2D eigenvalue weighted by Gasteiger charge is 2.51. The van der Waals surface area contributed by atoms with Crippen LogP contribution in [-0.4, -0.2) is 77.6 Å². The summed E-state index contributed by atoms with van der Waals surface area (Å²) in [5.74, 6) is -0.258. The molecule has 0 aliphatic carbocycles. The normalized spacial score (nSPS) is 14.9. The zero-order valence-corrected chi connectivity index (χ0v) is 25.1. The molecule has 220 valence electrons. The minimum absolute atomic E-state index is 0.0936. The van der Waals surface area contributed by atoms with Crippen LogP contribution in [0.25, 0.3) is 32.6 Å². The lowest BCUT2D eigenvalue weighted by Gasteiger charge is -2.38. The van der Waals surface area contributed by atoms with Crippen LogP contribution >= 0.6 is 11.3 Å². The Labute approximate surface area is 247 Å². The number of anilines is 2. The van der Waals surface area contributed by atoms with Crippen molar-refractivity contribution in [3.8, 4) is 22.4 Å². The third kappa shape index (κ3) is 5.77. The molecule has 12 nitrogen and oxygen atoms in total. The Morgan fingerprint density at radius 3 is 2.43 bits per heavy atom. The summed E-state index contributed by atoms with van der Waals surface area (Å²) in [6, 6.07) is 9.26. The summed E-state index contributed by atoms with van der Waals surface area (Å²) in [6.45, 7) is 4.70. The van der Waals surface area contributed by atoms with Crippen molar-refractivity contribution in [3.63, 3.8) is 0 Å². The highest BCUT2D eigenvalue weighted by molar-refractivity contribution is 7.92. The maximum absolute atomic E-state index is 12.6. The molecule has 0 radical (unpaired) electrons. The van der Waals surface area contributed by atoms with Gasteiger partial charge in [-0.25, -0.2) is 28.2 Å². The third-order valence-electron chi connectivity index (χ3n) is 7.17. The van der Waals surface area contributed by atoms with Gasteiger partial charge in [0, 0.05) is 55.6 Å². The number of urea groups is 1. The number of carbonyl (C=O) groups excluding carboxylic acids is 2. The Balaban J connectivity index is 1.43. The number of aromatic nitrogens is 4. The fourth-order valence-corrected chi connectivity index (χ4v) is 7.21. The van der Waals surface area contributed by atoms with Crippen molar-refractivity contribution in [2.24, 2.45) is 0 Å². The quantitative estimate of drug-likeness (QED) is 0.281. The van der Waals surface area contributed by atoms with Crippen molar-refractivity contribution in [2.75, 3.05) is 42.7 Å². The monoisotopic (exact) mass is 609 g/mol. The molecule has 1 saturated heterocycles. The smallest absolute Gasteiger partial charge is 0.327 e. The summed E-state index contributed by atoms with van der Waals surface area (Å²) < 4.78 is 29.6. The summed E-state index contributed by atoms with van der Waals surface area (Å²) in [5, 5.41) is 5.96. The Hall–Kier alpha value is -4.17. The molecule has 4 aromatic rings. The number of pyridine rings is 1. The number of sulfone groups is 1. The Morgan fingerprint density at radius 1 is 1.07 bits per heavy atom. The second-order valence-electron chi connectivity index (χ2n) is 9.84. The first-order valence-corrected chi connectivity index (χ1v) is 16.2. The van der Waals surface area contributed by atoms with Gasteiger partial charge in [0.2, 0.25) is 5.95 Å². The molecule has 0 unspecified atom stereocenters. The summed E-state index contributed by atoms with van der Waals surface area (Å²) in [4.78, 5) is 44.9. The van der Waals surface area contributed by atoms with E-state index in [-0.39, 0.29) is 25.5 Å². The molecule has 0 bridgehead atoms. The van der Waals surface area contributed by atoms with Crippen molar-refractivity contribution < 1.29 is 22.7 Å². The van der Waals surface area contributed by atoms with Crippen molar-refractivity contribution in [1.82, 2.24) is 25.3 Å². The van der Waals surface area contributed by atoms with E-state index in [4.69, 9.17) is 4.74 Å². The van der Waals surface area contributed by atoms with Crippen LogP contribution in [0.15, 0.2) is 48.9 Å². The lowest BCUT2D eigenvalue weighted by molar-refractivity contribution is -0.146. The number of ether oxygens (including phenoxy) is 1. The van der Waals surface area contributed by atoms with E-state index in [0.717, 1.165) is 33.3 Å². The first kappa shape index (κ1) is 29.3. The average molecular weight is 610 g/mol. The zero-order valence-electron chi connectivity index (χ0n) is 23.5. The first-order chi connectivity index (χ1) is 20.1. The van der Waals surface area contributed by atoms with E-state index in [1.54, 1.807) is 25.5 Å². The van der Waals surface area contributed by atoms with Gasteiger partial charge in [0.1, 0.15) is 0 Å². The van der Waals surface area contributed by atoms with E-state index in [9.17, 15) is 18.0 Å². The number of nitrogens with one attached hydrogen (secondary N) is 2. The highest BCUT2D eigenvalue weighted by Crippen LogP contribution is 2.38. The van der Waals surface area contributed by atoms with E-state index in [1.807, 2.05) is 42.2 Å². The summed E-state index contributed by atoms with van der Waals surface area (Å²) in [6.07, 6.45) is 6.40. The van der Waals surface area contributed by atoms with Gasteiger partial charge in [-0.1, -0.05) is 17.4 Å². The average Bonchev–Trinajstić information content (AvgIpc) is 3.39. The molecule has 2 amide bonds. The topological polar surface area (TPSA) is 156 Å². The molecule has 3 aromatic heterocycles. The number of hydrogen-bond acceptors (Lipinski definition) is 11. The number of rotatable bonds is 8. The van der Waals surface area contributed by atoms with Gasteiger partial charge in [0.25, 0.3) is 0 Å². The summed E-state index contributed by atoms with van der Waals surface area (Å²) >= 11 is 1.37. The molecular formula is C28H31N7O5S2. The highest BCUT2D eigenvalue weighted by atomic mass is 32.2. The number of fused-ring (bicyclic) bond motifs is 1. The molecule has 1 aliphatic rings. The molecule has 42 heavy (non-hydrogen) atoms. The van der Waals surface area contributed by atoms with E-state index in [2.05, 4.69) is 30.6 Å². The summed E-state index contributed by atoms with van der Waals surface area (Å²) in [5.41, 5.74) is 3.89. The molecule has 1 fully saturated rings. The lowest BCUT2D eigenvalue weighted by Crippen LogP contribution is -2.55. The molecule has 2 N–H and O–H groups in total. The number of esters is 1. The van der Waals surface area contributed by atoms with Crippen molar-refractivity contribution in [1.29, 1.82) is 0 Å². The maximum Gasteiger partial charge on any atom is 0.327 e. The SMILES string of the molecule is CCNC(=O)Nc1nc2cc(-c3cnc(N4CCC(C(=O)OCC)(S(C)(=O)=O)CC4)nc3)cc(-c3ccccn3)c2s1. The number of amides is 2. The second kappa shape index (κ2) is 12.0. The Bertz CT molecular complexity index is 1700. The van der Waals surface area contributed by atoms with Gasteiger partial charge < -0.3 is 15.0 Å². The van der Waals surface area contributed by atoms with Gasteiger partial charge >= 0.3 is 12.0 Å². The number of carbonyl (C=O) groups is 2. The van der Waals surface area contributed by atoms with Gasteiger partial charge in [-0.15, -0.1) is 0 Å². The largest absolute Gasteiger partial charge is 0.465 e.